The number of hydrogen-bond donors (Lipinski definition) is 2. The van der Waals surface area contributed by atoms with Gasteiger partial charge in [-0.25, -0.2) is 8.78 Å². The molecule has 0 saturated carbocycles. The van der Waals surface area contributed by atoms with Crippen LogP contribution in [-0.4, -0.2) is 53.0 Å². The lowest BCUT2D eigenvalue weighted by atomic mass is 10.1. The number of hydrogen-bond acceptors (Lipinski definition) is 5. The highest BCUT2D eigenvalue weighted by Crippen LogP contribution is 2.29. The molecular formula is C19H18ClF2N3O4. The molecule has 29 heavy (non-hydrogen) atoms. The molecule has 2 N–H and O–H groups in total. The van der Waals surface area contributed by atoms with Crippen molar-refractivity contribution in [2.45, 2.75) is 19.5 Å². The van der Waals surface area contributed by atoms with Crippen LogP contribution in [0.4, 0.5) is 8.78 Å². The van der Waals surface area contributed by atoms with Crippen LogP contribution >= 0.6 is 11.6 Å². The zero-order valence-corrected chi connectivity index (χ0v) is 16.0. The summed E-state index contributed by atoms with van der Waals surface area (Å²) in [5.41, 5.74) is 1.72. The third kappa shape index (κ3) is 4.80. The molecule has 3 rings (SSSR count). The van der Waals surface area contributed by atoms with Crippen LogP contribution in [0.15, 0.2) is 30.5 Å². The third-order valence-corrected chi connectivity index (χ3v) is 4.56. The lowest BCUT2D eigenvalue weighted by molar-refractivity contribution is 0.0764. The van der Waals surface area contributed by atoms with Gasteiger partial charge in [0.05, 0.1) is 11.6 Å². The van der Waals surface area contributed by atoms with E-state index in [1.807, 2.05) is 0 Å². The van der Waals surface area contributed by atoms with E-state index in [1.165, 1.54) is 17.2 Å². The number of benzene rings is 1. The molecule has 0 saturated heterocycles. The van der Waals surface area contributed by atoms with Crippen molar-refractivity contribution in [3.8, 4) is 5.75 Å². The van der Waals surface area contributed by atoms with Crippen LogP contribution in [0.2, 0.25) is 5.02 Å². The minimum Gasteiger partial charge on any atom is -0.486 e. The molecule has 1 aliphatic rings. The maximum atomic E-state index is 12.7. The molecule has 2 heterocycles. The van der Waals surface area contributed by atoms with Gasteiger partial charge in [-0.05, 0) is 23.8 Å². The lowest BCUT2D eigenvalue weighted by Gasteiger charge is -2.17. The number of aliphatic hydroxyl groups is 1. The van der Waals surface area contributed by atoms with Crippen LogP contribution in [0.1, 0.15) is 32.0 Å². The first-order chi connectivity index (χ1) is 13.9. The number of halogens is 3. The van der Waals surface area contributed by atoms with Gasteiger partial charge < -0.3 is 20.1 Å². The van der Waals surface area contributed by atoms with Crippen molar-refractivity contribution in [1.82, 2.24) is 15.2 Å². The topological polar surface area (TPSA) is 91.8 Å². The SMILES string of the molecule is O=C(NCCO)c1nccc2c1CN(Cc1ccc(OCC(F)F)c(Cl)c1)C2=O. The van der Waals surface area contributed by atoms with E-state index in [4.69, 9.17) is 21.4 Å². The average molecular weight is 426 g/mol. The molecule has 1 aromatic carbocycles. The summed E-state index contributed by atoms with van der Waals surface area (Å²) in [4.78, 5) is 30.5. The van der Waals surface area contributed by atoms with Crippen molar-refractivity contribution >= 4 is 23.4 Å². The van der Waals surface area contributed by atoms with E-state index in [-0.39, 0.29) is 48.6 Å². The summed E-state index contributed by atoms with van der Waals surface area (Å²) in [6.45, 7) is -0.484. The number of aliphatic hydroxyl groups excluding tert-OH is 1. The van der Waals surface area contributed by atoms with Crippen molar-refractivity contribution in [2.24, 2.45) is 0 Å². The van der Waals surface area contributed by atoms with Crippen molar-refractivity contribution in [2.75, 3.05) is 19.8 Å². The van der Waals surface area contributed by atoms with Crippen LogP contribution in [0.3, 0.4) is 0 Å². The largest absolute Gasteiger partial charge is 0.486 e. The van der Waals surface area contributed by atoms with Crippen molar-refractivity contribution in [1.29, 1.82) is 0 Å². The number of nitrogens with one attached hydrogen (secondary N) is 1. The van der Waals surface area contributed by atoms with E-state index in [0.29, 0.717) is 16.7 Å². The number of pyridine rings is 1. The standard InChI is InChI=1S/C19H18ClF2N3O4/c20-14-7-11(1-2-15(14)29-10-16(21)22)8-25-9-13-12(19(25)28)3-4-23-17(13)18(27)24-5-6-26/h1-4,7,16,26H,5-6,8-10H2,(H,24,27). The van der Waals surface area contributed by atoms with E-state index < -0.39 is 18.9 Å². The summed E-state index contributed by atoms with van der Waals surface area (Å²) in [6.07, 6.45) is -1.22. The Kier molecular flexibility index (Phi) is 6.60. The fourth-order valence-corrected chi connectivity index (χ4v) is 3.25. The minimum atomic E-state index is -2.61. The molecule has 0 fully saturated rings. The first-order valence-electron chi connectivity index (χ1n) is 8.76. The van der Waals surface area contributed by atoms with Gasteiger partial charge in [-0.1, -0.05) is 17.7 Å². The number of carbonyl (C=O) groups excluding carboxylic acids is 2. The molecule has 0 spiro atoms. The van der Waals surface area contributed by atoms with E-state index in [1.54, 1.807) is 18.2 Å². The molecule has 0 atom stereocenters. The molecule has 0 radical (unpaired) electrons. The molecule has 1 aliphatic heterocycles. The smallest absolute Gasteiger partial charge is 0.272 e. The maximum Gasteiger partial charge on any atom is 0.272 e. The van der Waals surface area contributed by atoms with Crippen LogP contribution in [0.5, 0.6) is 5.75 Å². The fourth-order valence-electron chi connectivity index (χ4n) is 3.00. The predicted molar refractivity (Wildman–Crippen MR) is 100 cm³/mol. The van der Waals surface area contributed by atoms with Crippen LogP contribution < -0.4 is 10.1 Å². The summed E-state index contributed by atoms with van der Waals surface area (Å²) in [7, 11) is 0. The van der Waals surface area contributed by atoms with Crippen LogP contribution in [0.25, 0.3) is 0 Å². The molecule has 2 amide bonds. The van der Waals surface area contributed by atoms with Gasteiger partial charge in [-0.2, -0.15) is 0 Å². The Morgan fingerprint density at radius 1 is 1.38 bits per heavy atom. The lowest BCUT2D eigenvalue weighted by Crippen LogP contribution is -2.28. The van der Waals surface area contributed by atoms with Gasteiger partial charge in [0.25, 0.3) is 18.2 Å². The Morgan fingerprint density at radius 3 is 2.86 bits per heavy atom. The number of fused-ring (bicyclic) bond motifs is 1. The number of amides is 2. The number of rotatable bonds is 8. The molecule has 10 heteroatoms. The van der Waals surface area contributed by atoms with Crippen molar-refractivity contribution < 1.29 is 28.2 Å². The number of alkyl halides is 2. The monoisotopic (exact) mass is 425 g/mol. The summed E-state index contributed by atoms with van der Waals surface area (Å²) >= 11 is 6.08. The van der Waals surface area contributed by atoms with E-state index >= 15 is 0 Å². The van der Waals surface area contributed by atoms with Gasteiger partial charge in [0, 0.05) is 37.0 Å². The third-order valence-electron chi connectivity index (χ3n) is 4.27. The first kappa shape index (κ1) is 20.9. The summed E-state index contributed by atoms with van der Waals surface area (Å²) in [5, 5.41) is 11.5. The number of ether oxygens (including phenoxy) is 1. The van der Waals surface area contributed by atoms with Crippen molar-refractivity contribution in [3.63, 3.8) is 0 Å². The molecule has 7 nitrogen and oxygen atoms in total. The highest BCUT2D eigenvalue weighted by molar-refractivity contribution is 6.32. The number of aromatic nitrogens is 1. The Labute approximate surface area is 170 Å². The highest BCUT2D eigenvalue weighted by Gasteiger charge is 2.31. The summed E-state index contributed by atoms with van der Waals surface area (Å²) in [6, 6.07) is 6.21. The second-order valence-corrected chi connectivity index (χ2v) is 6.70. The van der Waals surface area contributed by atoms with Crippen molar-refractivity contribution in [3.05, 3.63) is 57.9 Å². The molecule has 2 aromatic rings. The van der Waals surface area contributed by atoms with E-state index in [0.717, 1.165) is 0 Å². The van der Waals surface area contributed by atoms with Gasteiger partial charge in [-0.15, -0.1) is 0 Å². The molecule has 154 valence electrons. The fraction of sp³-hybridized carbons (Fsp3) is 0.316. The molecule has 0 bridgehead atoms. The average Bonchev–Trinajstić information content (AvgIpc) is 3.01. The minimum absolute atomic E-state index is 0.0837. The normalized spacial score (nSPS) is 13.0. The van der Waals surface area contributed by atoms with Gasteiger partial charge >= 0.3 is 0 Å². The Balaban J connectivity index is 1.74. The maximum absolute atomic E-state index is 12.7. The Morgan fingerprint density at radius 2 is 2.17 bits per heavy atom. The molecule has 0 aliphatic carbocycles. The van der Waals surface area contributed by atoms with Gasteiger partial charge in [0.1, 0.15) is 18.1 Å². The summed E-state index contributed by atoms with van der Waals surface area (Å²) < 4.78 is 29.5. The first-order valence-corrected chi connectivity index (χ1v) is 9.14. The summed E-state index contributed by atoms with van der Waals surface area (Å²) in [5.74, 6) is -0.583. The van der Waals surface area contributed by atoms with Gasteiger partial charge in [-0.3, -0.25) is 14.6 Å². The zero-order valence-electron chi connectivity index (χ0n) is 15.2. The van der Waals surface area contributed by atoms with E-state index in [9.17, 15) is 18.4 Å². The Hall–Kier alpha value is -2.78. The number of carbonyl (C=O) groups is 2. The molecule has 1 aromatic heterocycles. The molecule has 0 unspecified atom stereocenters. The number of nitrogens with zero attached hydrogens (tertiary/aromatic N) is 2. The second-order valence-electron chi connectivity index (χ2n) is 6.29. The zero-order chi connectivity index (χ0) is 21.0. The molecular weight excluding hydrogens is 408 g/mol. The van der Waals surface area contributed by atoms with E-state index in [2.05, 4.69) is 10.3 Å². The highest BCUT2D eigenvalue weighted by atomic mass is 35.5. The second kappa shape index (κ2) is 9.15. The van der Waals surface area contributed by atoms with Gasteiger partial charge in [0.15, 0.2) is 0 Å². The van der Waals surface area contributed by atoms with Gasteiger partial charge in [0.2, 0.25) is 0 Å². The Bertz CT molecular complexity index is 926. The van der Waals surface area contributed by atoms with Crippen LogP contribution in [0, 0.1) is 0 Å². The quantitative estimate of drug-likeness (QED) is 0.677. The van der Waals surface area contributed by atoms with Crippen LogP contribution in [-0.2, 0) is 13.1 Å². The predicted octanol–water partition coefficient (Wildman–Crippen LogP) is 2.26.